The maximum Gasteiger partial charge on any atom is 1.00 e. The molecule has 1 fully saturated rings. The molecule has 1 rings (SSSR count). The zero-order valence-corrected chi connectivity index (χ0v) is 14.7. The molecule has 0 aromatic carbocycles. The van der Waals surface area contributed by atoms with Gasteiger partial charge in [-0.05, 0) is 0 Å². The van der Waals surface area contributed by atoms with Crippen LogP contribution in [0.3, 0.4) is 0 Å². The summed E-state index contributed by atoms with van der Waals surface area (Å²) in [5.74, 6) is 0. The Labute approximate surface area is 142 Å². The molecule has 0 aliphatic carbocycles. The molecule has 0 bridgehead atoms. The van der Waals surface area contributed by atoms with Gasteiger partial charge in [0, 0.05) is 7.11 Å². The van der Waals surface area contributed by atoms with E-state index in [9.17, 15) is 24.6 Å². The molecule has 0 amide bonds. The maximum absolute atomic E-state index is 10.1. The standard InChI is InChI=1S/C6H13O8P.2Na/c1-12-6-5(8)4(7)3(14-6)2-13-15(9,10)11;;/h3-8H,2H2,1H3,(H2,9,10,11);;/q;2*+1/p-2/t3-,4-,5+,6+;;/m1../s1. The summed E-state index contributed by atoms with van der Waals surface area (Å²) in [7, 11) is -3.86. The van der Waals surface area contributed by atoms with Crippen molar-refractivity contribution in [1.29, 1.82) is 0 Å². The molecule has 0 saturated carbocycles. The minimum Gasteiger partial charge on any atom is -0.790 e. The molecular formula is C6H11Na2O8P. The predicted octanol–water partition coefficient (Wildman–Crippen LogP) is -9.07. The van der Waals surface area contributed by atoms with Crippen molar-refractivity contribution in [2.24, 2.45) is 0 Å². The van der Waals surface area contributed by atoms with Gasteiger partial charge in [-0.2, -0.15) is 0 Å². The number of ether oxygens (including phenoxy) is 2. The van der Waals surface area contributed by atoms with Crippen molar-refractivity contribution in [3.63, 3.8) is 0 Å². The summed E-state index contributed by atoms with van der Waals surface area (Å²) in [4.78, 5) is 20.3. The van der Waals surface area contributed by atoms with E-state index >= 15 is 0 Å². The molecule has 4 atom stereocenters. The molecule has 1 saturated heterocycles. The van der Waals surface area contributed by atoms with Gasteiger partial charge in [-0.3, -0.25) is 0 Å². The summed E-state index contributed by atoms with van der Waals surface area (Å²) in [6.07, 6.45) is -4.84. The number of hydrogen-bond donors (Lipinski definition) is 2. The third-order valence-electron chi connectivity index (χ3n) is 1.95. The van der Waals surface area contributed by atoms with E-state index in [1.54, 1.807) is 0 Å². The molecule has 1 aliphatic heterocycles. The molecule has 17 heavy (non-hydrogen) atoms. The molecule has 0 aromatic heterocycles. The van der Waals surface area contributed by atoms with Crippen LogP contribution in [0.1, 0.15) is 0 Å². The van der Waals surface area contributed by atoms with Crippen molar-refractivity contribution < 1.29 is 97.7 Å². The van der Waals surface area contributed by atoms with Crippen molar-refractivity contribution in [3.05, 3.63) is 0 Å². The topological polar surface area (TPSA) is 131 Å². The van der Waals surface area contributed by atoms with Crippen molar-refractivity contribution in [3.8, 4) is 0 Å². The van der Waals surface area contributed by atoms with Crippen LogP contribution in [-0.2, 0) is 18.6 Å². The predicted molar refractivity (Wildman–Crippen MR) is 41.2 cm³/mol. The SMILES string of the molecule is CO[C@H]1O[C@H](COP(=O)([O-])[O-])[C@@H](O)[C@@H]1O.[Na+].[Na+]. The number of phosphoric acid groups is 1. The fourth-order valence-electron chi connectivity index (χ4n) is 1.21. The van der Waals surface area contributed by atoms with E-state index in [0.717, 1.165) is 0 Å². The van der Waals surface area contributed by atoms with Crippen LogP contribution < -0.4 is 68.9 Å². The van der Waals surface area contributed by atoms with E-state index in [4.69, 9.17) is 4.74 Å². The Kier molecular flexibility index (Phi) is 11.2. The molecule has 90 valence electrons. The Morgan fingerprint density at radius 2 is 1.82 bits per heavy atom. The molecule has 1 heterocycles. The molecular weight excluding hydrogens is 277 g/mol. The second-order valence-electron chi connectivity index (χ2n) is 3.00. The molecule has 0 aromatic rings. The molecule has 0 unspecified atom stereocenters. The first-order chi connectivity index (χ1) is 6.85. The van der Waals surface area contributed by atoms with Gasteiger partial charge in [-0.25, -0.2) is 0 Å². The van der Waals surface area contributed by atoms with E-state index in [1.165, 1.54) is 7.11 Å². The summed E-state index contributed by atoms with van der Waals surface area (Å²) in [6.45, 7) is -0.650. The van der Waals surface area contributed by atoms with Gasteiger partial charge in [-0.1, -0.05) is 0 Å². The van der Waals surface area contributed by atoms with Crippen molar-refractivity contribution in [1.82, 2.24) is 0 Å². The normalized spacial score (nSPS) is 32.8. The van der Waals surface area contributed by atoms with Crippen LogP contribution in [0.2, 0.25) is 0 Å². The molecule has 0 radical (unpaired) electrons. The molecule has 0 spiro atoms. The van der Waals surface area contributed by atoms with Gasteiger partial charge in [0.1, 0.15) is 18.3 Å². The largest absolute Gasteiger partial charge is 1.00 e. The van der Waals surface area contributed by atoms with E-state index < -0.39 is 39.0 Å². The van der Waals surface area contributed by atoms with Crippen LogP contribution in [0.4, 0.5) is 0 Å². The minimum absolute atomic E-state index is 0. The number of hydrogen-bond acceptors (Lipinski definition) is 8. The zero-order valence-electron chi connectivity index (χ0n) is 9.81. The third-order valence-corrected chi connectivity index (χ3v) is 2.41. The van der Waals surface area contributed by atoms with E-state index in [0.29, 0.717) is 0 Å². The van der Waals surface area contributed by atoms with Gasteiger partial charge < -0.3 is 38.6 Å². The summed E-state index contributed by atoms with van der Waals surface area (Å²) in [5.41, 5.74) is 0. The van der Waals surface area contributed by atoms with Crippen LogP contribution in [0.5, 0.6) is 0 Å². The summed E-state index contributed by atoms with van der Waals surface area (Å²) in [6, 6.07) is 0. The number of methoxy groups -OCH3 is 1. The van der Waals surface area contributed by atoms with Gasteiger partial charge >= 0.3 is 59.1 Å². The summed E-state index contributed by atoms with van der Waals surface area (Å²) >= 11 is 0. The second kappa shape index (κ2) is 8.99. The third kappa shape index (κ3) is 6.78. The molecule has 1 aliphatic rings. The second-order valence-corrected chi connectivity index (χ2v) is 4.16. The van der Waals surface area contributed by atoms with E-state index in [1.807, 2.05) is 0 Å². The van der Waals surface area contributed by atoms with Gasteiger partial charge in [0.25, 0.3) is 0 Å². The Morgan fingerprint density at radius 3 is 2.18 bits per heavy atom. The van der Waals surface area contributed by atoms with Crippen LogP contribution in [0, 0.1) is 0 Å². The molecule has 2 N–H and O–H groups in total. The average molecular weight is 288 g/mol. The van der Waals surface area contributed by atoms with Gasteiger partial charge in [0.15, 0.2) is 6.29 Å². The number of aliphatic hydroxyl groups is 2. The first kappa shape index (κ1) is 21.3. The summed E-state index contributed by atoms with van der Waals surface area (Å²) in [5, 5.41) is 18.6. The minimum atomic E-state index is -5.11. The number of rotatable bonds is 4. The van der Waals surface area contributed by atoms with Crippen LogP contribution in [-0.4, -0.2) is 48.5 Å². The fourth-order valence-corrected chi connectivity index (χ4v) is 1.54. The van der Waals surface area contributed by atoms with E-state index in [2.05, 4.69) is 9.26 Å². The van der Waals surface area contributed by atoms with Crippen LogP contribution in [0.15, 0.2) is 0 Å². The van der Waals surface area contributed by atoms with E-state index in [-0.39, 0.29) is 59.1 Å². The monoisotopic (exact) mass is 288 g/mol. The molecule has 8 nitrogen and oxygen atoms in total. The summed E-state index contributed by atoms with van der Waals surface area (Å²) < 4.78 is 23.6. The van der Waals surface area contributed by atoms with Gasteiger partial charge in [0.2, 0.25) is 0 Å². The number of aliphatic hydroxyl groups excluding tert-OH is 2. The van der Waals surface area contributed by atoms with Crippen molar-refractivity contribution in [2.45, 2.75) is 24.6 Å². The van der Waals surface area contributed by atoms with Crippen molar-refractivity contribution in [2.75, 3.05) is 13.7 Å². The van der Waals surface area contributed by atoms with Crippen LogP contribution >= 0.6 is 7.82 Å². The first-order valence-electron chi connectivity index (χ1n) is 4.06. The molecule has 11 heteroatoms. The Morgan fingerprint density at radius 1 is 1.29 bits per heavy atom. The first-order valence-corrected chi connectivity index (χ1v) is 5.52. The number of phosphoric ester groups is 1. The van der Waals surface area contributed by atoms with Crippen molar-refractivity contribution >= 4 is 7.82 Å². The fraction of sp³-hybridized carbons (Fsp3) is 1.00. The maximum atomic E-state index is 10.1. The Balaban J connectivity index is 0. The van der Waals surface area contributed by atoms with Gasteiger partial charge in [-0.15, -0.1) is 0 Å². The van der Waals surface area contributed by atoms with Crippen LogP contribution in [0.25, 0.3) is 0 Å². The Hall–Kier alpha value is 1.95. The quantitative estimate of drug-likeness (QED) is 0.385. The van der Waals surface area contributed by atoms with Gasteiger partial charge in [0.05, 0.1) is 14.4 Å². The average Bonchev–Trinajstić information content (AvgIpc) is 2.40. The Bertz CT molecular complexity index is 260. The zero-order chi connectivity index (χ0) is 11.6. The smallest absolute Gasteiger partial charge is 0.790 e.